The normalized spacial score (nSPS) is 27.1. The molecule has 6 heteroatoms. The first-order chi connectivity index (χ1) is 10.0. The van der Waals surface area contributed by atoms with Gasteiger partial charge in [0.25, 0.3) is 0 Å². The fourth-order valence-corrected chi connectivity index (χ4v) is 3.02. The maximum absolute atomic E-state index is 12.4. The fraction of sp³-hybridized carbons (Fsp3) is 0.467. The van der Waals surface area contributed by atoms with Crippen molar-refractivity contribution >= 4 is 12.0 Å². The lowest BCUT2D eigenvalue weighted by molar-refractivity contribution is -0.147. The Morgan fingerprint density at radius 3 is 2.95 bits per heavy atom. The third-order valence-electron chi connectivity index (χ3n) is 4.34. The monoisotopic (exact) mass is 290 g/mol. The number of urea groups is 1. The number of aliphatic carboxylic acids is 1. The number of carbonyl (C=O) groups is 2. The second-order valence-corrected chi connectivity index (χ2v) is 5.69. The minimum atomic E-state index is -1.12. The van der Waals surface area contributed by atoms with Gasteiger partial charge in [-0.2, -0.15) is 0 Å². The van der Waals surface area contributed by atoms with Crippen molar-refractivity contribution in [2.75, 3.05) is 13.2 Å². The van der Waals surface area contributed by atoms with E-state index < -0.39 is 11.5 Å². The number of likely N-dealkylation sites (tertiary alicyclic amines) is 1. The Labute approximate surface area is 122 Å². The molecule has 3 rings (SSSR count). The van der Waals surface area contributed by atoms with Crippen LogP contribution in [0.1, 0.15) is 31.4 Å². The first-order valence-corrected chi connectivity index (χ1v) is 7.05. The summed E-state index contributed by atoms with van der Waals surface area (Å²) in [5, 5.41) is 12.2. The number of ether oxygens (including phenoxy) is 1. The number of hydrogen-bond acceptors (Lipinski definition) is 3. The van der Waals surface area contributed by atoms with E-state index >= 15 is 0 Å². The van der Waals surface area contributed by atoms with Gasteiger partial charge in [0, 0.05) is 12.1 Å². The van der Waals surface area contributed by atoms with Crippen molar-refractivity contribution in [3.8, 4) is 5.75 Å². The van der Waals surface area contributed by atoms with Gasteiger partial charge in [0.1, 0.15) is 17.9 Å². The van der Waals surface area contributed by atoms with Crippen LogP contribution in [0.2, 0.25) is 0 Å². The average Bonchev–Trinajstić information content (AvgIpc) is 3.04. The molecule has 0 aromatic heterocycles. The molecule has 21 heavy (non-hydrogen) atoms. The number of rotatable bonds is 2. The number of carboxylic acids is 1. The average molecular weight is 290 g/mol. The maximum Gasteiger partial charge on any atom is 0.329 e. The molecule has 0 spiro atoms. The third-order valence-corrected chi connectivity index (χ3v) is 4.34. The Morgan fingerprint density at radius 2 is 2.19 bits per heavy atom. The number of carboxylic acid groups (broad SMARTS) is 1. The van der Waals surface area contributed by atoms with E-state index in [2.05, 4.69) is 5.32 Å². The fourth-order valence-electron chi connectivity index (χ4n) is 3.02. The van der Waals surface area contributed by atoms with Gasteiger partial charge in [-0.3, -0.25) is 0 Å². The second-order valence-electron chi connectivity index (χ2n) is 5.69. The van der Waals surface area contributed by atoms with Crippen LogP contribution in [0.5, 0.6) is 5.75 Å². The highest BCUT2D eigenvalue weighted by molar-refractivity contribution is 5.86. The highest BCUT2D eigenvalue weighted by Gasteiger charge is 2.46. The van der Waals surface area contributed by atoms with Gasteiger partial charge in [-0.1, -0.05) is 18.2 Å². The van der Waals surface area contributed by atoms with Crippen molar-refractivity contribution in [3.63, 3.8) is 0 Å². The lowest BCUT2D eigenvalue weighted by atomic mass is 9.99. The SMILES string of the molecule is CC1(C(=O)O)CCCN1C(=O)NC1COc2ccccc21. The van der Waals surface area contributed by atoms with Gasteiger partial charge >= 0.3 is 12.0 Å². The molecule has 2 N–H and O–H groups in total. The molecule has 2 aliphatic rings. The zero-order valence-corrected chi connectivity index (χ0v) is 11.8. The van der Waals surface area contributed by atoms with Crippen molar-refractivity contribution in [3.05, 3.63) is 29.8 Å². The molecule has 2 aliphatic heterocycles. The van der Waals surface area contributed by atoms with E-state index in [1.54, 1.807) is 6.92 Å². The van der Waals surface area contributed by atoms with Crippen LogP contribution < -0.4 is 10.1 Å². The zero-order valence-electron chi connectivity index (χ0n) is 11.8. The summed E-state index contributed by atoms with van der Waals surface area (Å²) in [5.74, 6) is -0.191. The molecule has 1 aromatic rings. The van der Waals surface area contributed by atoms with Gasteiger partial charge in [-0.05, 0) is 25.8 Å². The molecule has 2 amide bonds. The molecular weight excluding hydrogens is 272 g/mol. The summed E-state index contributed by atoms with van der Waals surface area (Å²) >= 11 is 0. The molecule has 0 saturated carbocycles. The lowest BCUT2D eigenvalue weighted by Crippen LogP contribution is -2.54. The molecule has 2 unspecified atom stereocenters. The summed E-state index contributed by atoms with van der Waals surface area (Å²) < 4.78 is 5.52. The lowest BCUT2D eigenvalue weighted by Gasteiger charge is -2.32. The number of nitrogens with zero attached hydrogens (tertiary/aromatic N) is 1. The molecule has 0 bridgehead atoms. The number of nitrogens with one attached hydrogen (secondary N) is 1. The molecule has 0 radical (unpaired) electrons. The Kier molecular flexibility index (Phi) is 3.23. The Morgan fingerprint density at radius 1 is 1.43 bits per heavy atom. The van der Waals surface area contributed by atoms with Crippen molar-refractivity contribution in [1.29, 1.82) is 0 Å². The summed E-state index contributed by atoms with van der Waals surface area (Å²) in [7, 11) is 0. The van der Waals surface area contributed by atoms with E-state index in [-0.39, 0.29) is 12.1 Å². The minimum absolute atomic E-state index is 0.229. The van der Waals surface area contributed by atoms with Crippen LogP contribution in [0.3, 0.4) is 0 Å². The summed E-state index contributed by atoms with van der Waals surface area (Å²) in [6.45, 7) is 2.44. The second kappa shape index (κ2) is 4.95. The van der Waals surface area contributed by atoms with Gasteiger partial charge in [-0.15, -0.1) is 0 Å². The van der Waals surface area contributed by atoms with Gasteiger partial charge < -0.3 is 20.1 Å². The quantitative estimate of drug-likeness (QED) is 0.870. The summed E-state index contributed by atoms with van der Waals surface area (Å²) in [5.41, 5.74) is -0.189. The number of para-hydroxylation sites is 1. The van der Waals surface area contributed by atoms with Gasteiger partial charge in [0.05, 0.1) is 6.04 Å². The number of amides is 2. The van der Waals surface area contributed by atoms with Crippen LogP contribution in [0, 0.1) is 0 Å². The number of fused-ring (bicyclic) bond motifs is 1. The van der Waals surface area contributed by atoms with E-state index in [4.69, 9.17) is 4.74 Å². The molecule has 6 nitrogen and oxygen atoms in total. The molecule has 112 valence electrons. The predicted molar refractivity (Wildman–Crippen MR) is 75.2 cm³/mol. The van der Waals surface area contributed by atoms with Crippen molar-refractivity contribution in [2.45, 2.75) is 31.3 Å². The predicted octanol–water partition coefficient (Wildman–Crippen LogP) is 1.77. The van der Waals surface area contributed by atoms with Crippen LogP contribution in [0.15, 0.2) is 24.3 Å². The van der Waals surface area contributed by atoms with E-state index in [1.807, 2.05) is 24.3 Å². The van der Waals surface area contributed by atoms with E-state index in [0.717, 1.165) is 11.3 Å². The van der Waals surface area contributed by atoms with Crippen LogP contribution in [-0.4, -0.2) is 40.7 Å². The van der Waals surface area contributed by atoms with Gasteiger partial charge in [0.15, 0.2) is 0 Å². The summed E-state index contributed by atoms with van der Waals surface area (Å²) in [6.07, 6.45) is 1.18. The molecule has 2 atom stereocenters. The van der Waals surface area contributed by atoms with E-state index in [9.17, 15) is 14.7 Å². The number of benzene rings is 1. The van der Waals surface area contributed by atoms with Crippen molar-refractivity contribution < 1.29 is 19.4 Å². The maximum atomic E-state index is 12.4. The third kappa shape index (κ3) is 2.20. The van der Waals surface area contributed by atoms with Crippen LogP contribution >= 0.6 is 0 Å². The largest absolute Gasteiger partial charge is 0.491 e. The van der Waals surface area contributed by atoms with Crippen LogP contribution in [0.4, 0.5) is 4.79 Å². The van der Waals surface area contributed by atoms with Gasteiger partial charge in [0.2, 0.25) is 0 Å². The molecule has 0 aliphatic carbocycles. The Hall–Kier alpha value is -2.24. The highest BCUT2D eigenvalue weighted by Crippen LogP contribution is 2.33. The van der Waals surface area contributed by atoms with Gasteiger partial charge in [-0.25, -0.2) is 9.59 Å². The smallest absolute Gasteiger partial charge is 0.329 e. The van der Waals surface area contributed by atoms with Crippen LogP contribution in [-0.2, 0) is 4.79 Å². The summed E-state index contributed by atoms with van der Waals surface area (Å²) in [6, 6.07) is 6.97. The van der Waals surface area contributed by atoms with E-state index in [0.29, 0.717) is 26.0 Å². The highest BCUT2D eigenvalue weighted by atomic mass is 16.5. The standard InChI is InChI=1S/C15H18N2O4/c1-15(13(18)19)7-4-8-17(15)14(20)16-11-9-21-12-6-3-2-5-10(11)12/h2-3,5-6,11H,4,7-9H2,1H3,(H,16,20)(H,18,19). The van der Waals surface area contributed by atoms with Crippen LogP contribution in [0.25, 0.3) is 0 Å². The van der Waals surface area contributed by atoms with Crippen molar-refractivity contribution in [1.82, 2.24) is 10.2 Å². The van der Waals surface area contributed by atoms with Crippen molar-refractivity contribution in [2.24, 2.45) is 0 Å². The topological polar surface area (TPSA) is 78.9 Å². The molecular formula is C15H18N2O4. The Balaban J connectivity index is 1.75. The molecule has 1 aromatic carbocycles. The first-order valence-electron chi connectivity index (χ1n) is 7.05. The first kappa shape index (κ1) is 13.7. The number of hydrogen-bond donors (Lipinski definition) is 2. The number of carbonyl (C=O) groups excluding carboxylic acids is 1. The zero-order chi connectivity index (χ0) is 15.0. The molecule has 1 fully saturated rings. The molecule has 1 saturated heterocycles. The minimum Gasteiger partial charge on any atom is -0.491 e. The van der Waals surface area contributed by atoms with E-state index in [1.165, 1.54) is 4.90 Å². The molecule has 2 heterocycles. The Bertz CT molecular complexity index is 589. The summed E-state index contributed by atoms with van der Waals surface area (Å²) in [4.78, 5) is 25.3.